The molecule has 1 aromatic carbocycles. The zero-order valence-corrected chi connectivity index (χ0v) is 11.5. The number of ether oxygens (including phenoxy) is 2. The average molecular weight is 260 g/mol. The molecule has 1 fully saturated rings. The van der Waals surface area contributed by atoms with Crippen molar-refractivity contribution in [1.82, 2.24) is 5.32 Å². The Labute approximate surface area is 114 Å². The van der Waals surface area contributed by atoms with Crippen LogP contribution >= 0.6 is 0 Å². The predicted molar refractivity (Wildman–Crippen MR) is 73.3 cm³/mol. The predicted octanol–water partition coefficient (Wildman–Crippen LogP) is 2.80. The van der Waals surface area contributed by atoms with Gasteiger partial charge in [-0.15, -0.1) is 0 Å². The Kier molecular flexibility index (Phi) is 4.64. The van der Waals surface area contributed by atoms with E-state index in [2.05, 4.69) is 18.3 Å². The highest BCUT2D eigenvalue weighted by atomic mass is 16.5. The molecule has 2 rings (SSSR count). The van der Waals surface area contributed by atoms with E-state index in [-0.39, 0.29) is 6.04 Å². The molecule has 1 aliphatic carbocycles. The van der Waals surface area contributed by atoms with Crippen molar-refractivity contribution in [3.8, 4) is 17.6 Å². The molecule has 4 heteroatoms. The van der Waals surface area contributed by atoms with E-state index in [1.807, 2.05) is 18.2 Å². The Morgan fingerprint density at radius 3 is 2.79 bits per heavy atom. The van der Waals surface area contributed by atoms with Gasteiger partial charge in [0.25, 0.3) is 0 Å². The number of nitrogens with one attached hydrogen (secondary N) is 1. The molecule has 1 unspecified atom stereocenters. The van der Waals surface area contributed by atoms with E-state index in [0.717, 1.165) is 30.6 Å². The highest BCUT2D eigenvalue weighted by Crippen LogP contribution is 2.31. The summed E-state index contributed by atoms with van der Waals surface area (Å²) in [6.07, 6.45) is 3.27. The molecule has 0 aliphatic heterocycles. The lowest BCUT2D eigenvalue weighted by Gasteiger charge is -2.15. The first-order chi connectivity index (χ1) is 9.28. The molecule has 102 valence electrons. The van der Waals surface area contributed by atoms with Crippen LogP contribution in [0.4, 0.5) is 0 Å². The number of hydrogen-bond acceptors (Lipinski definition) is 4. The fourth-order valence-corrected chi connectivity index (χ4v) is 1.89. The molecule has 0 spiro atoms. The van der Waals surface area contributed by atoms with E-state index in [1.54, 1.807) is 7.11 Å². The normalized spacial score (nSPS) is 15.6. The van der Waals surface area contributed by atoms with Crippen LogP contribution < -0.4 is 14.8 Å². The van der Waals surface area contributed by atoms with Gasteiger partial charge in [0.05, 0.1) is 19.8 Å². The Morgan fingerprint density at radius 2 is 2.21 bits per heavy atom. The van der Waals surface area contributed by atoms with Crippen molar-refractivity contribution in [3.05, 3.63) is 23.8 Å². The minimum atomic E-state index is -0.276. The molecule has 19 heavy (non-hydrogen) atoms. The number of hydrogen-bond donors (Lipinski definition) is 1. The van der Waals surface area contributed by atoms with Crippen LogP contribution in [0.15, 0.2) is 18.2 Å². The highest BCUT2D eigenvalue weighted by Gasteiger charge is 2.25. The third-order valence-corrected chi connectivity index (χ3v) is 3.09. The van der Waals surface area contributed by atoms with Crippen molar-refractivity contribution in [2.75, 3.05) is 13.7 Å². The molecule has 1 saturated carbocycles. The van der Waals surface area contributed by atoms with Crippen molar-refractivity contribution in [3.63, 3.8) is 0 Å². The molecule has 1 atom stereocenters. The monoisotopic (exact) mass is 260 g/mol. The second-order valence-electron chi connectivity index (χ2n) is 4.76. The number of nitrogens with zero attached hydrogens (tertiary/aromatic N) is 1. The van der Waals surface area contributed by atoms with Gasteiger partial charge in [0.2, 0.25) is 0 Å². The lowest BCUT2D eigenvalue weighted by atomic mass is 10.1. The van der Waals surface area contributed by atoms with Crippen LogP contribution in [0, 0.1) is 11.3 Å². The Bertz CT molecular complexity index is 464. The third kappa shape index (κ3) is 3.62. The molecule has 0 aromatic heterocycles. The van der Waals surface area contributed by atoms with E-state index in [0.29, 0.717) is 18.4 Å². The van der Waals surface area contributed by atoms with Crippen LogP contribution in [0.2, 0.25) is 0 Å². The summed E-state index contributed by atoms with van der Waals surface area (Å²) in [6, 6.07) is 8.20. The van der Waals surface area contributed by atoms with E-state index < -0.39 is 0 Å². The number of nitriles is 1. The maximum Gasteiger partial charge on any atom is 0.161 e. The van der Waals surface area contributed by atoms with Gasteiger partial charge in [-0.05, 0) is 37.0 Å². The van der Waals surface area contributed by atoms with E-state index in [9.17, 15) is 5.26 Å². The van der Waals surface area contributed by atoms with Gasteiger partial charge >= 0.3 is 0 Å². The molecule has 0 bridgehead atoms. The van der Waals surface area contributed by atoms with Crippen molar-refractivity contribution >= 4 is 0 Å². The van der Waals surface area contributed by atoms with E-state index in [1.165, 1.54) is 0 Å². The minimum Gasteiger partial charge on any atom is -0.493 e. The van der Waals surface area contributed by atoms with Gasteiger partial charge in [-0.3, -0.25) is 5.32 Å². The molecule has 1 aromatic rings. The number of methoxy groups -OCH3 is 1. The standard InChI is InChI=1S/C15H20N2O2/c1-3-8-19-14-7-4-11(9-15(14)18-2)13(10-16)17-12-5-6-12/h4,7,9,12-13,17H,3,5-6,8H2,1-2H3. The van der Waals surface area contributed by atoms with Crippen LogP contribution in [0.5, 0.6) is 11.5 Å². The van der Waals surface area contributed by atoms with Gasteiger partial charge in [-0.2, -0.15) is 5.26 Å². The third-order valence-electron chi connectivity index (χ3n) is 3.09. The molecular formula is C15H20N2O2. The smallest absolute Gasteiger partial charge is 0.161 e. The van der Waals surface area contributed by atoms with Gasteiger partial charge in [0.1, 0.15) is 6.04 Å². The lowest BCUT2D eigenvalue weighted by molar-refractivity contribution is 0.294. The summed E-state index contributed by atoms with van der Waals surface area (Å²) >= 11 is 0. The Morgan fingerprint density at radius 1 is 1.42 bits per heavy atom. The van der Waals surface area contributed by atoms with Gasteiger partial charge in [-0.1, -0.05) is 13.0 Å². The molecule has 1 N–H and O–H groups in total. The van der Waals surface area contributed by atoms with Crippen molar-refractivity contribution in [2.45, 2.75) is 38.3 Å². The first-order valence-corrected chi connectivity index (χ1v) is 6.75. The largest absolute Gasteiger partial charge is 0.493 e. The molecule has 1 aliphatic rings. The second kappa shape index (κ2) is 6.44. The average Bonchev–Trinajstić information content (AvgIpc) is 3.26. The zero-order chi connectivity index (χ0) is 13.7. The van der Waals surface area contributed by atoms with Crippen LogP contribution in [-0.2, 0) is 0 Å². The summed E-state index contributed by atoms with van der Waals surface area (Å²) in [5, 5.41) is 12.6. The van der Waals surface area contributed by atoms with E-state index in [4.69, 9.17) is 9.47 Å². The molecule has 4 nitrogen and oxygen atoms in total. The summed E-state index contributed by atoms with van der Waals surface area (Å²) < 4.78 is 10.9. The van der Waals surface area contributed by atoms with E-state index >= 15 is 0 Å². The molecule has 0 radical (unpaired) electrons. The Hall–Kier alpha value is -1.73. The summed E-state index contributed by atoms with van der Waals surface area (Å²) in [7, 11) is 1.62. The van der Waals surface area contributed by atoms with Gasteiger partial charge in [0, 0.05) is 6.04 Å². The van der Waals surface area contributed by atoms with Crippen molar-refractivity contribution in [1.29, 1.82) is 5.26 Å². The summed E-state index contributed by atoms with van der Waals surface area (Å²) in [4.78, 5) is 0. The molecule has 0 saturated heterocycles. The molecule has 0 amide bonds. The van der Waals surface area contributed by atoms with Crippen LogP contribution in [-0.4, -0.2) is 19.8 Å². The van der Waals surface area contributed by atoms with Crippen molar-refractivity contribution in [2.24, 2.45) is 0 Å². The van der Waals surface area contributed by atoms with Crippen molar-refractivity contribution < 1.29 is 9.47 Å². The Balaban J connectivity index is 2.14. The maximum absolute atomic E-state index is 9.25. The second-order valence-corrected chi connectivity index (χ2v) is 4.76. The lowest BCUT2D eigenvalue weighted by Crippen LogP contribution is -2.22. The number of rotatable bonds is 7. The maximum atomic E-state index is 9.25. The first kappa shape index (κ1) is 13.7. The quantitative estimate of drug-likeness (QED) is 0.819. The SMILES string of the molecule is CCCOc1ccc(C(C#N)NC2CC2)cc1OC. The molecule has 0 heterocycles. The minimum absolute atomic E-state index is 0.276. The summed E-state index contributed by atoms with van der Waals surface area (Å²) in [5.74, 6) is 1.42. The van der Waals surface area contributed by atoms with Crippen LogP contribution in [0.1, 0.15) is 37.8 Å². The summed E-state index contributed by atoms with van der Waals surface area (Å²) in [6.45, 7) is 2.73. The zero-order valence-electron chi connectivity index (χ0n) is 11.5. The topological polar surface area (TPSA) is 54.3 Å². The fraction of sp³-hybridized carbons (Fsp3) is 0.533. The van der Waals surface area contributed by atoms with Gasteiger partial charge in [0.15, 0.2) is 11.5 Å². The summed E-state index contributed by atoms with van der Waals surface area (Å²) in [5.41, 5.74) is 0.926. The van der Waals surface area contributed by atoms with Crippen LogP contribution in [0.3, 0.4) is 0 Å². The van der Waals surface area contributed by atoms with Crippen LogP contribution in [0.25, 0.3) is 0 Å². The highest BCUT2D eigenvalue weighted by molar-refractivity contribution is 5.45. The number of benzene rings is 1. The first-order valence-electron chi connectivity index (χ1n) is 6.75. The molecular weight excluding hydrogens is 240 g/mol. The fourth-order valence-electron chi connectivity index (χ4n) is 1.89. The van der Waals surface area contributed by atoms with Gasteiger partial charge < -0.3 is 9.47 Å². The van der Waals surface area contributed by atoms with Gasteiger partial charge in [-0.25, -0.2) is 0 Å².